The average Bonchev–Trinajstić information content (AvgIpc) is 3.16. The molecule has 1 heterocycles. The van der Waals surface area contributed by atoms with Gasteiger partial charge in [0.2, 0.25) is 0 Å². The highest BCUT2D eigenvalue weighted by Gasteiger charge is 2.42. The standard InChI is InChI=1S/C18H10ClF6N5O3/c19-12-6-3-10(7-13(12)30(32)33)27-16(31)26-9-1-4-11(5-2-9)29-15(18(23,24)25)8-14(28-29)17(20,21)22/h1-8H,(H2,26,27,31). The van der Waals surface area contributed by atoms with Crippen molar-refractivity contribution < 1.29 is 36.1 Å². The minimum atomic E-state index is -5.10. The highest BCUT2D eigenvalue weighted by atomic mass is 35.5. The van der Waals surface area contributed by atoms with Crippen molar-refractivity contribution in [2.75, 3.05) is 10.6 Å². The van der Waals surface area contributed by atoms with E-state index in [-0.39, 0.29) is 32.8 Å². The molecule has 0 aliphatic carbocycles. The number of benzene rings is 2. The third kappa shape index (κ3) is 5.52. The number of carbonyl (C=O) groups excluding carboxylic acids is 1. The topological polar surface area (TPSA) is 102 Å². The number of nitro groups is 1. The number of urea groups is 1. The highest BCUT2D eigenvalue weighted by Crippen LogP contribution is 2.36. The summed E-state index contributed by atoms with van der Waals surface area (Å²) in [5.74, 6) is 0. The Labute approximate surface area is 184 Å². The van der Waals surface area contributed by atoms with Crippen LogP contribution in [0.4, 0.5) is 48.2 Å². The number of hydrogen-bond acceptors (Lipinski definition) is 4. The number of hydrogen-bond donors (Lipinski definition) is 2. The summed E-state index contributed by atoms with van der Waals surface area (Å²) in [4.78, 5) is 22.2. The minimum Gasteiger partial charge on any atom is -0.308 e. The molecule has 0 radical (unpaired) electrons. The lowest BCUT2D eigenvalue weighted by molar-refractivity contribution is -0.384. The molecule has 0 saturated heterocycles. The summed E-state index contributed by atoms with van der Waals surface area (Å²) < 4.78 is 78.0. The maximum atomic E-state index is 13.2. The molecule has 0 bridgehead atoms. The van der Waals surface area contributed by atoms with Crippen molar-refractivity contribution in [3.8, 4) is 5.69 Å². The number of amides is 2. The zero-order valence-electron chi connectivity index (χ0n) is 15.8. The predicted octanol–water partition coefficient (Wildman–Crippen LogP) is 6.12. The van der Waals surface area contributed by atoms with Crippen molar-refractivity contribution in [2.24, 2.45) is 0 Å². The van der Waals surface area contributed by atoms with E-state index in [0.717, 1.165) is 30.3 Å². The van der Waals surface area contributed by atoms with Crippen molar-refractivity contribution in [1.29, 1.82) is 0 Å². The van der Waals surface area contributed by atoms with Crippen molar-refractivity contribution in [2.45, 2.75) is 12.4 Å². The van der Waals surface area contributed by atoms with Crippen molar-refractivity contribution in [3.05, 3.63) is 75.1 Å². The Balaban J connectivity index is 1.79. The van der Waals surface area contributed by atoms with Gasteiger partial charge in [0.1, 0.15) is 10.7 Å². The van der Waals surface area contributed by atoms with E-state index in [4.69, 9.17) is 11.6 Å². The SMILES string of the molecule is O=C(Nc1ccc(-n2nc(C(F)(F)F)cc2C(F)(F)F)cc1)Nc1ccc(Cl)c([N+](=O)[O-])c1. The van der Waals surface area contributed by atoms with Gasteiger partial charge in [-0.3, -0.25) is 10.1 Å². The van der Waals surface area contributed by atoms with Crippen LogP contribution < -0.4 is 10.6 Å². The van der Waals surface area contributed by atoms with Gasteiger partial charge in [0.15, 0.2) is 5.69 Å². The van der Waals surface area contributed by atoms with Crippen molar-refractivity contribution in [1.82, 2.24) is 9.78 Å². The van der Waals surface area contributed by atoms with Gasteiger partial charge in [0.05, 0.1) is 10.6 Å². The molecule has 2 amide bonds. The van der Waals surface area contributed by atoms with Gasteiger partial charge in [-0.2, -0.15) is 31.4 Å². The van der Waals surface area contributed by atoms with Crippen molar-refractivity contribution >= 4 is 34.7 Å². The molecular weight excluding hydrogens is 484 g/mol. The summed E-state index contributed by atoms with van der Waals surface area (Å²) in [6.45, 7) is 0. The zero-order chi connectivity index (χ0) is 24.6. The van der Waals surface area contributed by atoms with Crippen LogP contribution in [0.5, 0.6) is 0 Å². The molecular formula is C18H10ClF6N5O3. The van der Waals surface area contributed by atoms with Gasteiger partial charge < -0.3 is 10.6 Å². The Hall–Kier alpha value is -3.81. The Morgan fingerprint density at radius 2 is 1.52 bits per heavy atom. The minimum absolute atomic E-state index is 0.0336. The number of anilines is 2. The molecule has 2 N–H and O–H groups in total. The maximum Gasteiger partial charge on any atom is 0.435 e. The van der Waals surface area contributed by atoms with Crippen LogP contribution >= 0.6 is 11.6 Å². The average molecular weight is 494 g/mol. The van der Waals surface area contributed by atoms with Gasteiger partial charge in [-0.25, -0.2) is 9.48 Å². The summed E-state index contributed by atoms with van der Waals surface area (Å²) in [6, 6.07) is 6.85. The van der Waals surface area contributed by atoms with Crippen LogP contribution in [0.25, 0.3) is 5.69 Å². The van der Waals surface area contributed by atoms with Crippen LogP contribution in [-0.4, -0.2) is 20.7 Å². The number of alkyl halides is 6. The van der Waals surface area contributed by atoms with Crippen LogP contribution in [0.3, 0.4) is 0 Å². The van der Waals surface area contributed by atoms with Crippen molar-refractivity contribution in [3.63, 3.8) is 0 Å². The molecule has 3 rings (SSSR count). The molecule has 0 unspecified atom stereocenters. The molecule has 0 spiro atoms. The number of nitrogens with one attached hydrogen (secondary N) is 2. The quantitative estimate of drug-likeness (QED) is 0.260. The Bertz CT molecular complexity index is 1210. The zero-order valence-corrected chi connectivity index (χ0v) is 16.6. The fourth-order valence-electron chi connectivity index (χ4n) is 2.63. The lowest BCUT2D eigenvalue weighted by Crippen LogP contribution is -2.19. The summed E-state index contributed by atoms with van der Waals surface area (Å²) >= 11 is 5.68. The lowest BCUT2D eigenvalue weighted by Gasteiger charge is -2.11. The van der Waals surface area contributed by atoms with E-state index in [2.05, 4.69) is 15.7 Å². The number of carbonyl (C=O) groups is 1. The second-order valence-electron chi connectivity index (χ2n) is 6.37. The first-order chi connectivity index (χ1) is 15.3. The molecule has 8 nitrogen and oxygen atoms in total. The van der Waals surface area contributed by atoms with Gasteiger partial charge in [0, 0.05) is 23.5 Å². The molecule has 33 heavy (non-hydrogen) atoms. The number of nitrogens with zero attached hydrogens (tertiary/aromatic N) is 3. The largest absolute Gasteiger partial charge is 0.435 e. The summed E-state index contributed by atoms with van der Waals surface area (Å²) in [7, 11) is 0. The number of nitro benzene ring substituents is 1. The first kappa shape index (κ1) is 23.8. The second kappa shape index (κ2) is 8.61. The Morgan fingerprint density at radius 3 is 2.06 bits per heavy atom. The number of rotatable bonds is 4. The van der Waals surface area contributed by atoms with E-state index < -0.39 is 40.4 Å². The van der Waals surface area contributed by atoms with E-state index in [1.54, 1.807) is 0 Å². The highest BCUT2D eigenvalue weighted by molar-refractivity contribution is 6.32. The van der Waals surface area contributed by atoms with Gasteiger partial charge >= 0.3 is 18.4 Å². The smallest absolute Gasteiger partial charge is 0.308 e. The van der Waals surface area contributed by atoms with E-state index in [9.17, 15) is 41.3 Å². The fourth-order valence-corrected chi connectivity index (χ4v) is 2.81. The third-order valence-corrected chi connectivity index (χ3v) is 4.38. The fraction of sp³-hybridized carbons (Fsp3) is 0.111. The molecule has 15 heteroatoms. The lowest BCUT2D eigenvalue weighted by atomic mass is 10.2. The van der Waals surface area contributed by atoms with E-state index in [1.165, 1.54) is 12.1 Å². The third-order valence-electron chi connectivity index (χ3n) is 4.06. The van der Waals surface area contributed by atoms with Crippen LogP contribution in [-0.2, 0) is 12.4 Å². The maximum absolute atomic E-state index is 13.2. The number of halogens is 7. The Kier molecular flexibility index (Phi) is 6.22. The van der Waals surface area contributed by atoms with Crippen LogP contribution in [0, 0.1) is 10.1 Å². The van der Waals surface area contributed by atoms with Gasteiger partial charge in [0.25, 0.3) is 5.69 Å². The molecule has 174 valence electrons. The van der Waals surface area contributed by atoms with E-state index in [1.807, 2.05) is 0 Å². The van der Waals surface area contributed by atoms with Crippen LogP contribution in [0.2, 0.25) is 5.02 Å². The molecule has 0 aliphatic heterocycles. The second-order valence-corrected chi connectivity index (χ2v) is 6.78. The Morgan fingerprint density at radius 1 is 0.939 bits per heavy atom. The van der Waals surface area contributed by atoms with E-state index in [0.29, 0.717) is 0 Å². The molecule has 0 saturated carbocycles. The summed E-state index contributed by atoms with van der Waals surface area (Å²) in [6.07, 6.45) is -10.2. The van der Waals surface area contributed by atoms with Gasteiger partial charge in [-0.05, 0) is 36.4 Å². The molecule has 0 aliphatic rings. The molecule has 1 aromatic heterocycles. The van der Waals surface area contributed by atoms with Crippen LogP contribution in [0.15, 0.2) is 48.5 Å². The van der Waals surface area contributed by atoms with Gasteiger partial charge in [-0.15, -0.1) is 0 Å². The summed E-state index contributed by atoms with van der Waals surface area (Å²) in [5.41, 5.74) is -4.03. The van der Waals surface area contributed by atoms with E-state index >= 15 is 0 Å². The monoisotopic (exact) mass is 493 g/mol. The number of aromatic nitrogens is 2. The first-order valence-corrected chi connectivity index (χ1v) is 9.00. The normalized spacial score (nSPS) is 11.8. The molecule has 3 aromatic rings. The predicted molar refractivity (Wildman–Crippen MR) is 104 cm³/mol. The molecule has 2 aromatic carbocycles. The molecule has 0 fully saturated rings. The summed E-state index contributed by atoms with van der Waals surface area (Å²) in [5, 5.41) is 18.4. The van der Waals surface area contributed by atoms with Crippen LogP contribution in [0.1, 0.15) is 11.4 Å². The molecule has 0 atom stereocenters. The van der Waals surface area contributed by atoms with Gasteiger partial charge in [-0.1, -0.05) is 11.6 Å². The first-order valence-electron chi connectivity index (χ1n) is 8.62.